The van der Waals surface area contributed by atoms with Crippen molar-refractivity contribution in [2.75, 3.05) is 6.61 Å². The number of nitrogens with zero attached hydrogens (tertiary/aromatic N) is 1. The van der Waals surface area contributed by atoms with Gasteiger partial charge in [-0.3, -0.25) is 4.79 Å². The third-order valence-electron chi connectivity index (χ3n) is 5.02. The molecule has 7 heteroatoms. The van der Waals surface area contributed by atoms with Gasteiger partial charge >= 0.3 is 0 Å². The first kappa shape index (κ1) is 17.2. The molecule has 26 heavy (non-hydrogen) atoms. The Balaban J connectivity index is 1.96. The van der Waals surface area contributed by atoms with Crippen LogP contribution < -0.4 is 0 Å². The lowest BCUT2D eigenvalue weighted by atomic mass is 9.91. The van der Waals surface area contributed by atoms with Gasteiger partial charge in [0.15, 0.2) is 15.1 Å². The Morgan fingerprint density at radius 1 is 1.12 bits per heavy atom. The van der Waals surface area contributed by atoms with Crippen LogP contribution in [0, 0.1) is 5.82 Å². The molecular formula is C19H18FNO4S. The Labute approximate surface area is 151 Å². The van der Waals surface area contributed by atoms with Gasteiger partial charge in [-0.25, -0.2) is 12.8 Å². The first-order valence-corrected chi connectivity index (χ1v) is 9.83. The maximum absolute atomic E-state index is 13.9. The number of fused-ring (bicyclic) bond motifs is 3. The van der Waals surface area contributed by atoms with Gasteiger partial charge < -0.3 is 9.64 Å². The fourth-order valence-electron chi connectivity index (χ4n) is 3.83. The summed E-state index contributed by atoms with van der Waals surface area (Å²) >= 11 is 0. The molecule has 1 saturated heterocycles. The van der Waals surface area contributed by atoms with Crippen molar-refractivity contribution in [3.8, 4) is 0 Å². The Hall–Kier alpha value is -2.25. The zero-order valence-electron chi connectivity index (χ0n) is 14.3. The van der Waals surface area contributed by atoms with Crippen LogP contribution >= 0.6 is 0 Å². The van der Waals surface area contributed by atoms with Crippen molar-refractivity contribution in [2.45, 2.75) is 35.8 Å². The van der Waals surface area contributed by atoms with Gasteiger partial charge in [-0.05, 0) is 49.2 Å². The minimum absolute atomic E-state index is 0.0323. The molecule has 0 aliphatic carbocycles. The Morgan fingerprint density at radius 3 is 2.50 bits per heavy atom. The molecule has 136 valence electrons. The first-order valence-electron chi connectivity index (χ1n) is 8.29. The van der Waals surface area contributed by atoms with E-state index in [0.29, 0.717) is 5.56 Å². The second-order valence-electron chi connectivity index (χ2n) is 6.99. The molecule has 0 unspecified atom stereocenters. The smallest absolute Gasteiger partial charge is 0.248 e. The highest BCUT2D eigenvalue weighted by molar-refractivity contribution is 7.92. The molecule has 2 atom stereocenters. The van der Waals surface area contributed by atoms with E-state index in [-0.39, 0.29) is 17.1 Å². The quantitative estimate of drug-likeness (QED) is 0.810. The van der Waals surface area contributed by atoms with Gasteiger partial charge in [0.1, 0.15) is 11.5 Å². The predicted molar refractivity (Wildman–Crippen MR) is 92.4 cm³/mol. The molecule has 4 rings (SSSR count). The lowest BCUT2D eigenvalue weighted by Crippen LogP contribution is -2.51. The van der Waals surface area contributed by atoms with Gasteiger partial charge in [0.25, 0.3) is 0 Å². The van der Waals surface area contributed by atoms with Gasteiger partial charge in [-0.2, -0.15) is 0 Å². The SMILES string of the molecule is CC1(C)OC[C@@H]2c3ccc(F)cc3[C@@H](S(=O)(=O)c3ccccc3)C(=O)N21. The largest absolute Gasteiger partial charge is 0.354 e. The van der Waals surface area contributed by atoms with Gasteiger partial charge in [-0.1, -0.05) is 24.3 Å². The summed E-state index contributed by atoms with van der Waals surface area (Å²) in [6.07, 6.45) is 0. The number of sulfone groups is 1. The highest BCUT2D eigenvalue weighted by Crippen LogP contribution is 2.48. The van der Waals surface area contributed by atoms with E-state index in [9.17, 15) is 17.6 Å². The zero-order chi connectivity index (χ0) is 18.7. The Bertz CT molecular complexity index is 988. The molecule has 2 aromatic rings. The van der Waals surface area contributed by atoms with Crippen LogP contribution in [0.5, 0.6) is 0 Å². The summed E-state index contributed by atoms with van der Waals surface area (Å²) in [5, 5.41) is -1.49. The number of halogens is 1. The first-order chi connectivity index (χ1) is 12.2. The van der Waals surface area contributed by atoms with E-state index in [1.807, 2.05) is 0 Å². The van der Waals surface area contributed by atoms with Gasteiger partial charge in [-0.15, -0.1) is 0 Å². The van der Waals surface area contributed by atoms with E-state index in [4.69, 9.17) is 4.74 Å². The van der Waals surface area contributed by atoms with Crippen LogP contribution in [0.4, 0.5) is 4.39 Å². The molecular weight excluding hydrogens is 357 g/mol. The summed E-state index contributed by atoms with van der Waals surface area (Å²) in [7, 11) is -4.04. The summed E-state index contributed by atoms with van der Waals surface area (Å²) in [5.41, 5.74) is -0.124. The summed E-state index contributed by atoms with van der Waals surface area (Å²) < 4.78 is 46.2. The number of ether oxygens (including phenoxy) is 1. The summed E-state index contributed by atoms with van der Waals surface area (Å²) in [4.78, 5) is 14.8. The molecule has 5 nitrogen and oxygen atoms in total. The van der Waals surface area contributed by atoms with Crippen molar-refractivity contribution < 1.29 is 22.3 Å². The van der Waals surface area contributed by atoms with E-state index in [1.165, 1.54) is 23.1 Å². The topological polar surface area (TPSA) is 63.7 Å². The predicted octanol–water partition coefficient (Wildman–Crippen LogP) is 2.99. The summed E-state index contributed by atoms with van der Waals surface area (Å²) in [5.74, 6) is -1.16. The van der Waals surface area contributed by atoms with Gasteiger partial charge in [0, 0.05) is 0 Å². The van der Waals surface area contributed by atoms with E-state index in [0.717, 1.165) is 6.07 Å². The second kappa shape index (κ2) is 5.62. The number of rotatable bonds is 2. The third-order valence-corrected chi connectivity index (χ3v) is 7.03. The summed E-state index contributed by atoms with van der Waals surface area (Å²) in [6.45, 7) is 3.70. The molecule has 0 spiro atoms. The van der Waals surface area contributed by atoms with Crippen molar-refractivity contribution in [2.24, 2.45) is 0 Å². The molecule has 2 aliphatic heterocycles. The molecule has 1 fully saturated rings. The van der Waals surface area contributed by atoms with Crippen molar-refractivity contribution in [3.63, 3.8) is 0 Å². The third kappa shape index (κ3) is 2.38. The van der Waals surface area contributed by atoms with Crippen LogP contribution in [0.2, 0.25) is 0 Å². The number of hydrogen-bond acceptors (Lipinski definition) is 4. The van der Waals surface area contributed by atoms with E-state index in [1.54, 1.807) is 38.1 Å². The van der Waals surface area contributed by atoms with E-state index < -0.39 is 38.6 Å². The standard InChI is InChI=1S/C19H18FNO4S/c1-19(2)21-16(11-25-19)14-9-8-12(20)10-15(14)17(18(21)22)26(23,24)13-6-4-3-5-7-13/h3-10,16-17H,11H2,1-2H3/t16-,17-/m1/s1. The highest BCUT2D eigenvalue weighted by Gasteiger charge is 2.54. The van der Waals surface area contributed by atoms with Crippen LogP contribution in [0.25, 0.3) is 0 Å². The van der Waals surface area contributed by atoms with Crippen LogP contribution in [0.1, 0.15) is 36.3 Å². The minimum atomic E-state index is -4.04. The Kier molecular flexibility index (Phi) is 3.71. The molecule has 2 aliphatic rings. The fraction of sp³-hybridized carbons (Fsp3) is 0.316. The lowest BCUT2D eigenvalue weighted by molar-refractivity contribution is -0.146. The number of carbonyl (C=O) groups is 1. The van der Waals surface area contributed by atoms with Crippen LogP contribution in [-0.2, 0) is 19.4 Å². The van der Waals surface area contributed by atoms with Gasteiger partial charge in [0.2, 0.25) is 5.91 Å². The van der Waals surface area contributed by atoms with Crippen molar-refractivity contribution in [3.05, 3.63) is 65.5 Å². The van der Waals surface area contributed by atoms with Crippen LogP contribution in [0.15, 0.2) is 53.4 Å². The van der Waals surface area contributed by atoms with Crippen molar-refractivity contribution >= 4 is 15.7 Å². The van der Waals surface area contributed by atoms with Crippen molar-refractivity contribution in [1.82, 2.24) is 4.90 Å². The second-order valence-corrected chi connectivity index (χ2v) is 9.03. The molecule has 1 amide bonds. The zero-order valence-corrected chi connectivity index (χ0v) is 15.2. The van der Waals surface area contributed by atoms with Crippen molar-refractivity contribution in [1.29, 1.82) is 0 Å². The van der Waals surface area contributed by atoms with Crippen LogP contribution in [-0.4, -0.2) is 31.6 Å². The monoisotopic (exact) mass is 375 g/mol. The average Bonchev–Trinajstić information content (AvgIpc) is 2.91. The molecule has 0 radical (unpaired) electrons. The minimum Gasteiger partial charge on any atom is -0.354 e. The van der Waals surface area contributed by atoms with Gasteiger partial charge in [0.05, 0.1) is 17.5 Å². The Morgan fingerprint density at radius 2 is 1.81 bits per heavy atom. The average molecular weight is 375 g/mol. The number of amides is 1. The molecule has 0 N–H and O–H groups in total. The highest BCUT2D eigenvalue weighted by atomic mass is 32.2. The molecule has 2 aromatic carbocycles. The molecule has 0 saturated carbocycles. The number of benzene rings is 2. The summed E-state index contributed by atoms with van der Waals surface area (Å²) in [6, 6.07) is 11.3. The normalized spacial score (nSPS) is 24.3. The maximum Gasteiger partial charge on any atom is 0.248 e. The van der Waals surface area contributed by atoms with E-state index in [2.05, 4.69) is 0 Å². The van der Waals surface area contributed by atoms with E-state index >= 15 is 0 Å². The number of carbonyl (C=O) groups excluding carboxylic acids is 1. The molecule has 2 heterocycles. The molecule has 0 bridgehead atoms. The molecule has 0 aromatic heterocycles. The fourth-order valence-corrected chi connectivity index (χ4v) is 5.56. The lowest BCUT2D eigenvalue weighted by Gasteiger charge is -2.40. The van der Waals surface area contributed by atoms with Crippen LogP contribution in [0.3, 0.4) is 0 Å². The number of hydrogen-bond donors (Lipinski definition) is 0. The maximum atomic E-state index is 13.9.